The average molecular weight is 401 g/mol. The van der Waals surface area contributed by atoms with Crippen molar-refractivity contribution >= 4 is 17.2 Å². The van der Waals surface area contributed by atoms with Crippen molar-refractivity contribution in [1.82, 2.24) is 29.2 Å². The van der Waals surface area contributed by atoms with Crippen LogP contribution in [0.4, 0.5) is 0 Å². The number of fused-ring (bicyclic) bond motifs is 1. The number of rotatable bonds is 6. The smallest absolute Gasteiger partial charge is 0.345 e. The molecule has 0 saturated heterocycles. The maximum Gasteiger partial charge on any atom is 0.345 e. The van der Waals surface area contributed by atoms with Gasteiger partial charge in [-0.1, -0.05) is 0 Å². The van der Waals surface area contributed by atoms with Crippen LogP contribution in [0.5, 0.6) is 0 Å². The lowest BCUT2D eigenvalue weighted by Gasteiger charge is -2.09. The molecule has 1 aliphatic heterocycles. The summed E-state index contributed by atoms with van der Waals surface area (Å²) in [4.78, 5) is 29.3. The fourth-order valence-corrected chi connectivity index (χ4v) is 4.49. The van der Waals surface area contributed by atoms with E-state index in [-0.39, 0.29) is 11.6 Å². The largest absolute Gasteiger partial charge is 0.352 e. The van der Waals surface area contributed by atoms with Crippen LogP contribution in [-0.2, 0) is 19.5 Å². The lowest BCUT2D eigenvalue weighted by Crippen LogP contribution is -2.29. The first-order valence-corrected chi connectivity index (χ1v) is 10.5. The van der Waals surface area contributed by atoms with E-state index >= 15 is 0 Å². The van der Waals surface area contributed by atoms with Crippen LogP contribution in [0.1, 0.15) is 46.8 Å². The summed E-state index contributed by atoms with van der Waals surface area (Å²) < 4.78 is 5.30. The predicted molar refractivity (Wildman–Crippen MR) is 107 cm³/mol. The molecule has 148 valence electrons. The van der Waals surface area contributed by atoms with E-state index in [0.717, 1.165) is 48.2 Å². The van der Waals surface area contributed by atoms with Gasteiger partial charge in [0.05, 0.1) is 5.56 Å². The van der Waals surface area contributed by atoms with Gasteiger partial charge in [0, 0.05) is 49.0 Å². The molecule has 0 unspecified atom stereocenters. The Morgan fingerprint density at radius 3 is 2.93 bits per heavy atom. The van der Waals surface area contributed by atoms with Crippen molar-refractivity contribution in [2.24, 2.45) is 0 Å². The minimum atomic E-state index is -0.104. The van der Waals surface area contributed by atoms with Gasteiger partial charge in [-0.15, -0.1) is 11.3 Å². The van der Waals surface area contributed by atoms with Gasteiger partial charge in [-0.25, -0.2) is 14.5 Å². The van der Waals surface area contributed by atoms with E-state index in [1.54, 1.807) is 10.8 Å². The number of nitrogens with zero attached hydrogens (tertiary/aromatic N) is 5. The molecule has 1 aliphatic rings. The molecular weight excluding hydrogens is 376 g/mol. The molecule has 9 heteroatoms. The topological polar surface area (TPSA) is 86.7 Å². The number of hydrogen-bond acceptors (Lipinski definition) is 5. The summed E-state index contributed by atoms with van der Waals surface area (Å²) in [6.07, 6.45) is 5.41. The van der Waals surface area contributed by atoms with Gasteiger partial charge < -0.3 is 5.32 Å². The summed E-state index contributed by atoms with van der Waals surface area (Å²) in [6, 6.07) is 1.89. The third-order valence-corrected chi connectivity index (χ3v) is 5.91. The fraction of sp³-hybridized carbons (Fsp3) is 0.474. The first-order valence-electron chi connectivity index (χ1n) is 9.60. The third kappa shape index (κ3) is 3.42. The second kappa shape index (κ2) is 7.75. The van der Waals surface area contributed by atoms with E-state index in [1.807, 2.05) is 29.9 Å². The number of thiazole rings is 1. The van der Waals surface area contributed by atoms with Crippen molar-refractivity contribution in [3.8, 4) is 5.13 Å². The number of amides is 1. The van der Waals surface area contributed by atoms with Crippen LogP contribution in [-0.4, -0.2) is 36.4 Å². The van der Waals surface area contributed by atoms with Crippen LogP contribution >= 0.6 is 11.3 Å². The molecule has 4 heterocycles. The van der Waals surface area contributed by atoms with Crippen LogP contribution in [0.25, 0.3) is 5.13 Å². The normalized spacial score (nSPS) is 13.5. The first kappa shape index (κ1) is 18.7. The quantitative estimate of drug-likeness (QED) is 0.642. The minimum Gasteiger partial charge on any atom is -0.352 e. The maximum atomic E-state index is 12.6. The Bertz CT molecular complexity index is 1040. The number of carbonyl (C=O) groups is 1. The van der Waals surface area contributed by atoms with Crippen LogP contribution in [0.15, 0.2) is 22.4 Å². The highest BCUT2D eigenvalue weighted by Gasteiger charge is 2.18. The van der Waals surface area contributed by atoms with Gasteiger partial charge in [0.2, 0.25) is 0 Å². The van der Waals surface area contributed by atoms with E-state index < -0.39 is 0 Å². The van der Waals surface area contributed by atoms with Gasteiger partial charge in [0.15, 0.2) is 5.13 Å². The SMILES string of the molecule is Cc1cc(C(=O)NCCCn2nc3n(c2=O)CCCC3)c(C)n1-c1nccs1. The van der Waals surface area contributed by atoms with Gasteiger partial charge in [0.1, 0.15) is 5.82 Å². The lowest BCUT2D eigenvalue weighted by molar-refractivity contribution is 0.0952. The van der Waals surface area contributed by atoms with Crippen molar-refractivity contribution in [1.29, 1.82) is 0 Å². The van der Waals surface area contributed by atoms with Crippen LogP contribution in [0.2, 0.25) is 0 Å². The summed E-state index contributed by atoms with van der Waals surface area (Å²) in [7, 11) is 0. The van der Waals surface area contributed by atoms with E-state index in [9.17, 15) is 9.59 Å². The summed E-state index contributed by atoms with van der Waals surface area (Å²) in [5.74, 6) is 0.780. The highest BCUT2D eigenvalue weighted by atomic mass is 32.1. The van der Waals surface area contributed by atoms with E-state index in [1.165, 1.54) is 16.0 Å². The lowest BCUT2D eigenvalue weighted by atomic mass is 10.2. The average Bonchev–Trinajstić information content (AvgIpc) is 3.38. The zero-order valence-corrected chi connectivity index (χ0v) is 17.0. The summed E-state index contributed by atoms with van der Waals surface area (Å²) in [6.45, 7) is 5.67. The molecule has 0 fully saturated rings. The molecule has 3 aromatic rings. The number of nitrogens with one attached hydrogen (secondary N) is 1. The highest BCUT2D eigenvalue weighted by molar-refractivity contribution is 7.12. The van der Waals surface area contributed by atoms with Crippen LogP contribution < -0.4 is 11.0 Å². The maximum absolute atomic E-state index is 12.6. The molecule has 0 aliphatic carbocycles. The van der Waals surface area contributed by atoms with E-state index in [2.05, 4.69) is 15.4 Å². The Balaban J connectivity index is 1.36. The number of aromatic nitrogens is 5. The van der Waals surface area contributed by atoms with Crippen molar-refractivity contribution in [2.75, 3.05) is 6.54 Å². The van der Waals surface area contributed by atoms with Gasteiger partial charge in [0.25, 0.3) is 5.91 Å². The number of carbonyl (C=O) groups excluding carboxylic acids is 1. The highest BCUT2D eigenvalue weighted by Crippen LogP contribution is 2.22. The second-order valence-corrected chi connectivity index (χ2v) is 7.95. The Labute approximate surface area is 166 Å². The minimum absolute atomic E-state index is 0.0342. The summed E-state index contributed by atoms with van der Waals surface area (Å²) in [5, 5.41) is 10.2. The molecule has 0 atom stereocenters. The van der Waals surface area contributed by atoms with E-state index in [4.69, 9.17) is 0 Å². The molecule has 3 aromatic heterocycles. The van der Waals surface area contributed by atoms with Crippen molar-refractivity contribution in [3.05, 3.63) is 50.9 Å². The Kier molecular flexibility index (Phi) is 5.17. The molecule has 0 bridgehead atoms. The van der Waals surface area contributed by atoms with Crippen LogP contribution in [0, 0.1) is 13.8 Å². The zero-order valence-electron chi connectivity index (χ0n) is 16.1. The molecule has 0 aromatic carbocycles. The summed E-state index contributed by atoms with van der Waals surface area (Å²) >= 11 is 1.54. The van der Waals surface area contributed by atoms with Crippen molar-refractivity contribution < 1.29 is 4.79 Å². The molecule has 0 radical (unpaired) electrons. The van der Waals surface area contributed by atoms with Crippen molar-refractivity contribution in [2.45, 2.75) is 52.6 Å². The molecular formula is C19H24N6O2S. The molecule has 1 N–H and O–H groups in total. The van der Waals surface area contributed by atoms with Crippen molar-refractivity contribution in [3.63, 3.8) is 0 Å². The van der Waals surface area contributed by atoms with Gasteiger partial charge in [-0.05, 0) is 39.2 Å². The van der Waals surface area contributed by atoms with Crippen LogP contribution in [0.3, 0.4) is 0 Å². The Morgan fingerprint density at radius 1 is 1.32 bits per heavy atom. The first-order chi connectivity index (χ1) is 13.6. The monoisotopic (exact) mass is 400 g/mol. The Morgan fingerprint density at radius 2 is 2.18 bits per heavy atom. The number of hydrogen-bond donors (Lipinski definition) is 1. The predicted octanol–water partition coefficient (Wildman–Crippen LogP) is 2.07. The van der Waals surface area contributed by atoms with Gasteiger partial charge >= 0.3 is 5.69 Å². The molecule has 1 amide bonds. The second-order valence-electron chi connectivity index (χ2n) is 7.08. The zero-order chi connectivity index (χ0) is 19.7. The standard InChI is InChI=1S/C19H24N6O2S/c1-13-12-15(14(2)25(13)18-21-8-11-28-18)17(26)20-7-5-10-24-19(27)23-9-4-3-6-16(23)22-24/h8,11-12H,3-7,9-10H2,1-2H3,(H,20,26). The molecule has 4 rings (SSSR count). The van der Waals surface area contributed by atoms with Gasteiger partial charge in [-0.3, -0.25) is 13.9 Å². The third-order valence-electron chi connectivity index (χ3n) is 5.15. The molecule has 8 nitrogen and oxygen atoms in total. The molecule has 0 spiro atoms. The fourth-order valence-electron chi connectivity index (χ4n) is 3.73. The molecule has 0 saturated carbocycles. The summed E-state index contributed by atoms with van der Waals surface area (Å²) in [5.41, 5.74) is 2.48. The van der Waals surface area contributed by atoms with Gasteiger partial charge in [-0.2, -0.15) is 5.10 Å². The van der Waals surface area contributed by atoms with E-state index in [0.29, 0.717) is 25.1 Å². The molecule has 28 heavy (non-hydrogen) atoms. The Hall–Kier alpha value is -2.68. The number of aryl methyl sites for hydroxylation is 3.